The van der Waals surface area contributed by atoms with Gasteiger partial charge in [0.2, 0.25) is 0 Å². The quantitative estimate of drug-likeness (QED) is 0.502. The molecule has 1 amide bonds. The summed E-state index contributed by atoms with van der Waals surface area (Å²) in [5, 5.41) is 23.0. The van der Waals surface area contributed by atoms with Crippen LogP contribution in [0.1, 0.15) is 33.6 Å². The topological polar surface area (TPSA) is 98.6 Å². The lowest BCUT2D eigenvalue weighted by atomic mass is 9.82. The maximum Gasteiger partial charge on any atom is 0.404 e. The van der Waals surface area contributed by atoms with Gasteiger partial charge in [-0.15, -0.1) is 0 Å². The van der Waals surface area contributed by atoms with E-state index in [1.54, 1.807) is 30.3 Å². The van der Waals surface area contributed by atoms with Crippen molar-refractivity contribution in [1.29, 1.82) is 0 Å². The van der Waals surface area contributed by atoms with Crippen LogP contribution in [0.5, 0.6) is 5.75 Å². The van der Waals surface area contributed by atoms with Crippen LogP contribution in [-0.4, -0.2) is 45.4 Å². The lowest BCUT2D eigenvalue weighted by molar-refractivity contribution is 0.176. The number of hydrogen-bond donors (Lipinski definition) is 3. The van der Waals surface area contributed by atoms with Gasteiger partial charge in [0.05, 0.1) is 11.1 Å². The minimum atomic E-state index is -1.03. The summed E-state index contributed by atoms with van der Waals surface area (Å²) in [5.41, 5.74) is 1.04. The maximum absolute atomic E-state index is 14.1. The Morgan fingerprint density at radius 1 is 1.24 bits per heavy atom. The summed E-state index contributed by atoms with van der Waals surface area (Å²) in [6.45, 7) is 7.53. The number of nitrogens with zero attached hydrogens (tertiary/aromatic N) is 3. The summed E-state index contributed by atoms with van der Waals surface area (Å²) in [6, 6.07) is 11.0. The number of aromatic hydroxyl groups is 1. The van der Waals surface area contributed by atoms with Crippen molar-refractivity contribution in [3.8, 4) is 17.1 Å². The molecule has 0 aliphatic carbocycles. The fraction of sp³-hybridized carbons (Fsp3) is 0.400. The van der Waals surface area contributed by atoms with Crippen LogP contribution >= 0.6 is 0 Å². The van der Waals surface area contributed by atoms with Gasteiger partial charge in [-0.25, -0.2) is 19.2 Å². The standard InChI is InChI=1S/C25H29FN4O3/c1-25(2,3)13-20(28-24(32)33)15-10-11-30(14-15)23-18-12-16(26)8-9-19(18)27-22(29-23)17-6-4-5-7-21(17)31/h4-9,12,15,20,28,31H,10-11,13-14H2,1-3H3,(H,32,33). The Morgan fingerprint density at radius 2 is 2.00 bits per heavy atom. The third-order valence-electron chi connectivity index (χ3n) is 6.02. The molecule has 0 spiro atoms. The van der Waals surface area contributed by atoms with Gasteiger partial charge < -0.3 is 20.4 Å². The number of anilines is 1. The first-order valence-corrected chi connectivity index (χ1v) is 11.1. The lowest BCUT2D eigenvalue weighted by Crippen LogP contribution is -2.43. The van der Waals surface area contributed by atoms with Crippen LogP contribution in [0.25, 0.3) is 22.3 Å². The second kappa shape index (κ2) is 8.84. The first-order valence-electron chi connectivity index (χ1n) is 11.1. The highest BCUT2D eigenvalue weighted by molar-refractivity contribution is 5.91. The Balaban J connectivity index is 1.72. The first-order chi connectivity index (χ1) is 15.6. The van der Waals surface area contributed by atoms with Crippen LogP contribution < -0.4 is 10.2 Å². The van der Waals surface area contributed by atoms with Gasteiger partial charge in [-0.3, -0.25) is 0 Å². The summed E-state index contributed by atoms with van der Waals surface area (Å²) in [5.74, 6) is 0.731. The van der Waals surface area contributed by atoms with Crippen molar-refractivity contribution >= 4 is 22.8 Å². The van der Waals surface area contributed by atoms with Crippen LogP contribution in [0.4, 0.5) is 15.0 Å². The summed E-state index contributed by atoms with van der Waals surface area (Å²) < 4.78 is 14.1. The highest BCUT2D eigenvalue weighted by Crippen LogP contribution is 2.36. The second-order valence-electron chi connectivity index (χ2n) is 9.86. The van der Waals surface area contributed by atoms with Crippen molar-refractivity contribution in [2.75, 3.05) is 18.0 Å². The summed E-state index contributed by atoms with van der Waals surface area (Å²) in [4.78, 5) is 22.8. The normalized spacial score (nSPS) is 17.3. The van der Waals surface area contributed by atoms with Gasteiger partial charge in [0, 0.05) is 24.5 Å². The molecule has 2 heterocycles. The third kappa shape index (κ3) is 5.16. The average Bonchev–Trinajstić information content (AvgIpc) is 3.22. The minimum Gasteiger partial charge on any atom is -0.507 e. The van der Waals surface area contributed by atoms with Crippen molar-refractivity contribution < 1.29 is 19.4 Å². The van der Waals surface area contributed by atoms with Crippen LogP contribution in [0, 0.1) is 17.2 Å². The van der Waals surface area contributed by atoms with Crippen LogP contribution in [0.3, 0.4) is 0 Å². The molecule has 0 saturated carbocycles. The number of nitrogens with one attached hydrogen (secondary N) is 1. The molecule has 1 aromatic heterocycles. The number of amides is 1. The van der Waals surface area contributed by atoms with E-state index in [-0.39, 0.29) is 28.9 Å². The number of benzene rings is 2. The fourth-order valence-electron chi connectivity index (χ4n) is 4.57. The first kappa shape index (κ1) is 22.8. The van der Waals surface area contributed by atoms with E-state index in [9.17, 15) is 19.4 Å². The Morgan fingerprint density at radius 3 is 2.70 bits per heavy atom. The fourth-order valence-corrected chi connectivity index (χ4v) is 4.57. The smallest absolute Gasteiger partial charge is 0.404 e. The van der Waals surface area contributed by atoms with E-state index in [0.29, 0.717) is 47.6 Å². The van der Waals surface area contributed by atoms with Gasteiger partial charge in [0.25, 0.3) is 0 Å². The Hall–Kier alpha value is -3.42. The molecule has 4 rings (SSSR count). The molecule has 1 aliphatic rings. The second-order valence-corrected chi connectivity index (χ2v) is 9.86. The Labute approximate surface area is 192 Å². The number of phenols is 1. The monoisotopic (exact) mass is 452 g/mol. The molecule has 0 radical (unpaired) electrons. The van der Waals surface area contributed by atoms with Crippen molar-refractivity contribution in [3.05, 3.63) is 48.3 Å². The zero-order chi connectivity index (χ0) is 23.8. The van der Waals surface area contributed by atoms with E-state index in [0.717, 1.165) is 6.42 Å². The largest absolute Gasteiger partial charge is 0.507 e. The van der Waals surface area contributed by atoms with Crippen LogP contribution in [-0.2, 0) is 0 Å². The zero-order valence-electron chi connectivity index (χ0n) is 19.0. The molecule has 33 heavy (non-hydrogen) atoms. The molecule has 8 heteroatoms. The highest BCUT2D eigenvalue weighted by atomic mass is 19.1. The van der Waals surface area contributed by atoms with Crippen molar-refractivity contribution in [2.24, 2.45) is 11.3 Å². The molecule has 2 aromatic carbocycles. The van der Waals surface area contributed by atoms with Gasteiger partial charge in [0.1, 0.15) is 17.4 Å². The molecular formula is C25H29FN4O3. The predicted octanol–water partition coefficient (Wildman–Crippen LogP) is 5.04. The van der Waals surface area contributed by atoms with Gasteiger partial charge in [0.15, 0.2) is 5.82 Å². The molecule has 0 bridgehead atoms. The molecule has 1 fully saturated rings. The molecular weight excluding hydrogens is 423 g/mol. The zero-order valence-corrected chi connectivity index (χ0v) is 19.0. The predicted molar refractivity (Wildman–Crippen MR) is 126 cm³/mol. The van der Waals surface area contributed by atoms with Crippen LogP contribution in [0.2, 0.25) is 0 Å². The SMILES string of the molecule is CC(C)(C)CC(NC(=O)O)C1CCN(c2nc(-c3ccccc3O)nc3ccc(F)cc23)C1. The van der Waals surface area contributed by atoms with Crippen molar-refractivity contribution in [1.82, 2.24) is 15.3 Å². The van der Waals surface area contributed by atoms with Gasteiger partial charge in [-0.2, -0.15) is 0 Å². The summed E-state index contributed by atoms with van der Waals surface area (Å²) in [6.07, 6.45) is 0.465. The molecule has 1 aliphatic heterocycles. The van der Waals surface area contributed by atoms with E-state index in [1.165, 1.54) is 12.1 Å². The van der Waals surface area contributed by atoms with Crippen LogP contribution in [0.15, 0.2) is 42.5 Å². The molecule has 174 valence electrons. The van der Waals surface area contributed by atoms with E-state index in [4.69, 9.17) is 4.98 Å². The van der Waals surface area contributed by atoms with E-state index < -0.39 is 6.09 Å². The third-order valence-corrected chi connectivity index (χ3v) is 6.02. The van der Waals surface area contributed by atoms with E-state index in [2.05, 4.69) is 36.0 Å². The van der Waals surface area contributed by atoms with Gasteiger partial charge in [-0.1, -0.05) is 32.9 Å². The molecule has 7 nitrogen and oxygen atoms in total. The number of para-hydroxylation sites is 1. The molecule has 3 N–H and O–H groups in total. The van der Waals surface area contributed by atoms with Crippen molar-refractivity contribution in [3.63, 3.8) is 0 Å². The molecule has 3 aromatic rings. The lowest BCUT2D eigenvalue weighted by Gasteiger charge is -2.30. The number of halogens is 1. The Kier molecular flexibility index (Phi) is 6.10. The Bertz CT molecular complexity index is 1180. The highest BCUT2D eigenvalue weighted by Gasteiger charge is 2.34. The summed E-state index contributed by atoms with van der Waals surface area (Å²) in [7, 11) is 0. The number of aromatic nitrogens is 2. The number of fused-ring (bicyclic) bond motifs is 1. The molecule has 2 unspecified atom stereocenters. The minimum absolute atomic E-state index is 0.0384. The molecule has 1 saturated heterocycles. The van der Waals surface area contributed by atoms with E-state index >= 15 is 0 Å². The molecule has 2 atom stereocenters. The van der Waals surface area contributed by atoms with Crippen molar-refractivity contribution in [2.45, 2.75) is 39.7 Å². The number of hydrogen-bond acceptors (Lipinski definition) is 5. The number of carboxylic acid groups (broad SMARTS) is 1. The van der Waals surface area contributed by atoms with Gasteiger partial charge in [-0.05, 0) is 54.5 Å². The van der Waals surface area contributed by atoms with E-state index in [1.807, 2.05) is 0 Å². The van der Waals surface area contributed by atoms with Gasteiger partial charge >= 0.3 is 6.09 Å². The summed E-state index contributed by atoms with van der Waals surface area (Å²) >= 11 is 0. The number of carbonyl (C=O) groups is 1. The number of rotatable bonds is 5. The maximum atomic E-state index is 14.1. The average molecular weight is 453 g/mol. The number of phenolic OH excluding ortho intramolecular Hbond substituents is 1.